The predicted molar refractivity (Wildman–Crippen MR) is 137 cm³/mol. The van der Waals surface area contributed by atoms with E-state index in [0.717, 1.165) is 22.4 Å². The number of benzene rings is 3. The lowest BCUT2D eigenvalue weighted by atomic mass is 10.1. The van der Waals surface area contributed by atoms with E-state index < -0.39 is 11.8 Å². The third-order valence-corrected chi connectivity index (χ3v) is 5.18. The molecular weight excluding hydrogens is 468 g/mol. The maximum Gasteiger partial charge on any atom is 0.329 e. The molecule has 0 saturated carbocycles. The van der Waals surface area contributed by atoms with Crippen molar-refractivity contribution in [2.75, 3.05) is 17.2 Å². The van der Waals surface area contributed by atoms with Gasteiger partial charge in [-0.15, -0.1) is 0 Å². The van der Waals surface area contributed by atoms with E-state index in [-0.39, 0.29) is 12.5 Å². The number of amides is 3. The smallest absolute Gasteiger partial charge is 0.329 e. The lowest BCUT2D eigenvalue weighted by Crippen LogP contribution is -2.32. The average molecular weight is 493 g/mol. The number of carbonyl (C=O) groups is 3. The van der Waals surface area contributed by atoms with Crippen LogP contribution in [-0.4, -0.2) is 30.5 Å². The molecule has 0 saturated heterocycles. The van der Waals surface area contributed by atoms with Crippen molar-refractivity contribution in [3.8, 4) is 5.75 Å². The van der Waals surface area contributed by atoms with Gasteiger partial charge in [0.15, 0.2) is 6.61 Å². The summed E-state index contributed by atoms with van der Waals surface area (Å²) in [7, 11) is 0. The van der Waals surface area contributed by atoms with Gasteiger partial charge in [-0.3, -0.25) is 14.4 Å². The van der Waals surface area contributed by atoms with Crippen LogP contribution in [0.25, 0.3) is 0 Å². The van der Waals surface area contributed by atoms with Crippen LogP contribution in [0.2, 0.25) is 5.02 Å². The number of rotatable bonds is 7. The lowest BCUT2D eigenvalue weighted by molar-refractivity contribution is -0.136. The van der Waals surface area contributed by atoms with Gasteiger partial charge in [0, 0.05) is 16.4 Å². The molecule has 0 aliphatic heterocycles. The molecule has 0 unspecified atom stereocenters. The van der Waals surface area contributed by atoms with E-state index in [0.29, 0.717) is 22.0 Å². The molecule has 0 radical (unpaired) electrons. The molecule has 0 aliphatic carbocycles. The van der Waals surface area contributed by atoms with Crippen molar-refractivity contribution >= 4 is 46.9 Å². The molecule has 0 atom stereocenters. The molecule has 3 aromatic carbocycles. The highest BCUT2D eigenvalue weighted by Gasteiger charge is 2.13. The van der Waals surface area contributed by atoms with Crippen LogP contribution in [0.1, 0.15) is 22.3 Å². The minimum absolute atomic E-state index is 0.141. The molecule has 3 aromatic rings. The second-order valence-corrected chi connectivity index (χ2v) is 8.31. The van der Waals surface area contributed by atoms with Gasteiger partial charge in [0.05, 0.1) is 6.21 Å². The molecule has 35 heavy (non-hydrogen) atoms. The molecule has 8 nitrogen and oxygen atoms in total. The lowest BCUT2D eigenvalue weighted by Gasteiger charge is -2.09. The summed E-state index contributed by atoms with van der Waals surface area (Å²) < 4.78 is 5.51. The molecule has 3 rings (SSSR count). The van der Waals surface area contributed by atoms with Crippen molar-refractivity contribution in [1.29, 1.82) is 0 Å². The van der Waals surface area contributed by atoms with E-state index in [1.807, 2.05) is 39.0 Å². The van der Waals surface area contributed by atoms with Crippen molar-refractivity contribution in [3.05, 3.63) is 87.9 Å². The number of aryl methyl sites for hydroxylation is 3. The molecule has 9 heteroatoms. The SMILES string of the molecule is Cc1cc(C)cc(NC(=O)COc2ccc(/C=N\NC(=O)C(=O)Nc3ccc(C)c(Cl)c3)cc2)c1. The molecule has 3 amide bonds. The van der Waals surface area contributed by atoms with Gasteiger partial charge >= 0.3 is 11.8 Å². The van der Waals surface area contributed by atoms with Crippen molar-refractivity contribution in [2.24, 2.45) is 5.10 Å². The van der Waals surface area contributed by atoms with Gasteiger partial charge in [0.25, 0.3) is 5.91 Å². The van der Waals surface area contributed by atoms with E-state index in [4.69, 9.17) is 16.3 Å². The first kappa shape index (κ1) is 25.5. The summed E-state index contributed by atoms with van der Waals surface area (Å²) in [4.78, 5) is 36.1. The molecule has 3 N–H and O–H groups in total. The molecule has 0 bridgehead atoms. The summed E-state index contributed by atoms with van der Waals surface area (Å²) in [5.74, 6) is -1.56. The Morgan fingerprint density at radius 3 is 2.20 bits per heavy atom. The Hall–Kier alpha value is -4.17. The maximum atomic E-state index is 12.1. The number of nitrogens with one attached hydrogen (secondary N) is 3. The molecule has 0 fully saturated rings. The van der Waals surface area contributed by atoms with Gasteiger partial charge < -0.3 is 15.4 Å². The summed E-state index contributed by atoms with van der Waals surface area (Å²) in [6, 6.07) is 17.5. The number of hydrazone groups is 1. The number of anilines is 2. The Bertz CT molecular complexity index is 1250. The number of hydrogen-bond donors (Lipinski definition) is 3. The first-order chi connectivity index (χ1) is 16.7. The number of hydrogen-bond acceptors (Lipinski definition) is 5. The van der Waals surface area contributed by atoms with Crippen LogP contribution in [0.5, 0.6) is 5.75 Å². The zero-order valence-electron chi connectivity index (χ0n) is 19.5. The third kappa shape index (κ3) is 7.97. The van der Waals surface area contributed by atoms with Crippen molar-refractivity contribution < 1.29 is 19.1 Å². The summed E-state index contributed by atoms with van der Waals surface area (Å²) in [5.41, 5.74) is 6.93. The van der Waals surface area contributed by atoms with Gasteiger partial charge in [0.2, 0.25) is 0 Å². The number of ether oxygens (including phenoxy) is 1. The Kier molecular flexibility index (Phi) is 8.58. The van der Waals surface area contributed by atoms with Crippen LogP contribution in [0.15, 0.2) is 65.8 Å². The van der Waals surface area contributed by atoms with Crippen LogP contribution in [-0.2, 0) is 14.4 Å². The Morgan fingerprint density at radius 2 is 1.54 bits per heavy atom. The topological polar surface area (TPSA) is 109 Å². The molecular formula is C26H25ClN4O4. The fourth-order valence-corrected chi connectivity index (χ4v) is 3.30. The Morgan fingerprint density at radius 1 is 0.857 bits per heavy atom. The molecule has 0 spiro atoms. The van der Waals surface area contributed by atoms with Crippen LogP contribution < -0.4 is 20.8 Å². The highest BCUT2D eigenvalue weighted by molar-refractivity contribution is 6.39. The highest BCUT2D eigenvalue weighted by atomic mass is 35.5. The van der Waals surface area contributed by atoms with Crippen molar-refractivity contribution in [3.63, 3.8) is 0 Å². The molecule has 0 aromatic heterocycles. The minimum Gasteiger partial charge on any atom is -0.484 e. The second kappa shape index (κ2) is 11.8. The quantitative estimate of drug-likeness (QED) is 0.258. The normalized spacial score (nSPS) is 10.6. The van der Waals surface area contributed by atoms with Gasteiger partial charge in [-0.2, -0.15) is 5.10 Å². The van der Waals surface area contributed by atoms with Crippen molar-refractivity contribution in [2.45, 2.75) is 20.8 Å². The second-order valence-electron chi connectivity index (χ2n) is 7.90. The average Bonchev–Trinajstić information content (AvgIpc) is 2.80. The predicted octanol–water partition coefficient (Wildman–Crippen LogP) is 4.37. The summed E-state index contributed by atoms with van der Waals surface area (Å²) in [6.07, 6.45) is 1.38. The molecule has 0 heterocycles. The zero-order chi connectivity index (χ0) is 25.4. The van der Waals surface area contributed by atoms with Gasteiger partial charge in [0.1, 0.15) is 5.75 Å². The number of nitrogens with zero attached hydrogens (tertiary/aromatic N) is 1. The summed E-state index contributed by atoms with van der Waals surface area (Å²) in [6.45, 7) is 5.62. The van der Waals surface area contributed by atoms with Crippen LogP contribution in [0.3, 0.4) is 0 Å². The molecule has 0 aliphatic rings. The first-order valence-electron chi connectivity index (χ1n) is 10.7. The fourth-order valence-electron chi connectivity index (χ4n) is 3.12. The number of carbonyl (C=O) groups excluding carboxylic acids is 3. The van der Waals surface area contributed by atoms with Crippen LogP contribution in [0, 0.1) is 20.8 Å². The van der Waals surface area contributed by atoms with E-state index in [2.05, 4.69) is 21.2 Å². The zero-order valence-corrected chi connectivity index (χ0v) is 20.3. The Balaban J connectivity index is 1.44. The van der Waals surface area contributed by atoms with E-state index in [9.17, 15) is 14.4 Å². The van der Waals surface area contributed by atoms with E-state index in [1.165, 1.54) is 6.21 Å². The third-order valence-electron chi connectivity index (χ3n) is 4.77. The number of halogens is 1. The fraction of sp³-hybridized carbons (Fsp3) is 0.154. The monoisotopic (exact) mass is 492 g/mol. The highest BCUT2D eigenvalue weighted by Crippen LogP contribution is 2.20. The largest absolute Gasteiger partial charge is 0.484 e. The Labute approximate surface area is 208 Å². The maximum absolute atomic E-state index is 12.1. The standard InChI is InChI=1S/C26H25ClN4O4/c1-16-10-17(2)12-21(11-16)29-24(32)15-35-22-8-5-19(6-9-22)14-28-31-26(34)25(33)30-20-7-4-18(3)23(27)13-20/h4-14H,15H2,1-3H3,(H,29,32)(H,30,33)(H,31,34)/b28-14-. The minimum atomic E-state index is -0.923. The molecule has 180 valence electrons. The van der Waals surface area contributed by atoms with Crippen LogP contribution >= 0.6 is 11.6 Å². The van der Waals surface area contributed by atoms with Gasteiger partial charge in [-0.1, -0.05) is 23.7 Å². The van der Waals surface area contributed by atoms with E-state index >= 15 is 0 Å². The van der Waals surface area contributed by atoms with Crippen molar-refractivity contribution in [1.82, 2.24) is 5.43 Å². The van der Waals surface area contributed by atoms with Gasteiger partial charge in [-0.25, -0.2) is 5.43 Å². The first-order valence-corrected chi connectivity index (χ1v) is 11.1. The summed E-state index contributed by atoms with van der Waals surface area (Å²) in [5, 5.41) is 9.53. The van der Waals surface area contributed by atoms with Gasteiger partial charge in [-0.05, 0) is 91.6 Å². The summed E-state index contributed by atoms with van der Waals surface area (Å²) >= 11 is 6.01. The van der Waals surface area contributed by atoms with E-state index in [1.54, 1.807) is 42.5 Å². The van der Waals surface area contributed by atoms with Crippen LogP contribution in [0.4, 0.5) is 11.4 Å².